The Labute approximate surface area is 64.3 Å². The molecule has 1 unspecified atom stereocenters. The first-order valence-corrected chi connectivity index (χ1v) is 3.24. The Kier molecular flexibility index (Phi) is 2.07. The molecule has 0 aromatic rings. The fourth-order valence-electron chi connectivity index (χ4n) is 0.869. The number of hydrogen-bond donors (Lipinski definition) is 1. The molecule has 11 heavy (non-hydrogen) atoms. The lowest BCUT2D eigenvalue weighted by molar-refractivity contribution is -0.113. The Balaban J connectivity index is 2.71. The normalized spacial score (nSPS) is 22.6. The zero-order valence-corrected chi connectivity index (χ0v) is 5.82. The molecule has 0 saturated carbocycles. The van der Waals surface area contributed by atoms with Gasteiger partial charge in [0.1, 0.15) is 0 Å². The largest absolute Gasteiger partial charge is 0.504 e. The first kappa shape index (κ1) is 7.55. The molecular weight excluding hydrogens is 142 g/mol. The van der Waals surface area contributed by atoms with Crippen LogP contribution in [0.15, 0.2) is 24.0 Å². The zero-order valence-electron chi connectivity index (χ0n) is 5.82. The van der Waals surface area contributed by atoms with Crippen molar-refractivity contribution >= 4 is 5.78 Å². The monoisotopic (exact) mass is 149 g/mol. The van der Waals surface area contributed by atoms with Crippen molar-refractivity contribution in [1.29, 1.82) is 5.26 Å². The van der Waals surface area contributed by atoms with Crippen LogP contribution in [0.2, 0.25) is 0 Å². The van der Waals surface area contributed by atoms with Crippen LogP contribution in [0, 0.1) is 17.2 Å². The van der Waals surface area contributed by atoms with Crippen molar-refractivity contribution in [2.24, 2.45) is 5.92 Å². The lowest BCUT2D eigenvalue weighted by atomic mass is 9.99. The van der Waals surface area contributed by atoms with Crippen LogP contribution in [0.4, 0.5) is 0 Å². The summed E-state index contributed by atoms with van der Waals surface area (Å²) >= 11 is 0. The fraction of sp³-hybridized carbons (Fsp3) is 0.250. The highest BCUT2D eigenvalue weighted by Crippen LogP contribution is 2.14. The summed E-state index contributed by atoms with van der Waals surface area (Å²) in [6.45, 7) is 0. The van der Waals surface area contributed by atoms with Crippen LogP contribution in [0.5, 0.6) is 0 Å². The fourth-order valence-corrected chi connectivity index (χ4v) is 0.869. The van der Waals surface area contributed by atoms with Gasteiger partial charge in [-0.1, -0.05) is 6.08 Å². The Bertz CT molecular complexity index is 270. The Morgan fingerprint density at radius 2 is 2.45 bits per heavy atom. The van der Waals surface area contributed by atoms with Gasteiger partial charge in [0.25, 0.3) is 0 Å². The van der Waals surface area contributed by atoms with E-state index >= 15 is 0 Å². The summed E-state index contributed by atoms with van der Waals surface area (Å²) in [5, 5.41) is 17.2. The van der Waals surface area contributed by atoms with E-state index in [0.29, 0.717) is 6.42 Å². The summed E-state index contributed by atoms with van der Waals surface area (Å²) in [6.07, 6.45) is 4.60. The van der Waals surface area contributed by atoms with Crippen LogP contribution < -0.4 is 0 Å². The van der Waals surface area contributed by atoms with Gasteiger partial charge in [0.2, 0.25) is 5.78 Å². The van der Waals surface area contributed by atoms with Gasteiger partial charge in [-0.2, -0.15) is 5.26 Å². The van der Waals surface area contributed by atoms with Crippen LogP contribution >= 0.6 is 0 Å². The average Bonchev–Trinajstić information content (AvgIpc) is 1.98. The van der Waals surface area contributed by atoms with E-state index in [0.717, 1.165) is 0 Å². The second-order valence-corrected chi connectivity index (χ2v) is 2.30. The van der Waals surface area contributed by atoms with E-state index < -0.39 is 0 Å². The molecule has 3 nitrogen and oxygen atoms in total. The molecule has 0 bridgehead atoms. The lowest BCUT2D eigenvalue weighted by Gasteiger charge is -2.06. The molecule has 56 valence electrons. The molecule has 0 aliphatic heterocycles. The van der Waals surface area contributed by atoms with Gasteiger partial charge in [0.15, 0.2) is 5.76 Å². The summed E-state index contributed by atoms with van der Waals surface area (Å²) in [4.78, 5) is 10.7. The number of hydrogen-bond acceptors (Lipinski definition) is 3. The lowest BCUT2D eigenvalue weighted by Crippen LogP contribution is -2.06. The first-order chi connectivity index (χ1) is 5.24. The summed E-state index contributed by atoms with van der Waals surface area (Å²) in [7, 11) is 0. The van der Waals surface area contributed by atoms with Crippen LogP contribution in [0.25, 0.3) is 0 Å². The quantitative estimate of drug-likeness (QED) is 0.607. The second kappa shape index (κ2) is 3.02. The van der Waals surface area contributed by atoms with Gasteiger partial charge in [-0.3, -0.25) is 4.79 Å². The SMILES string of the molecule is N#CCC1C=CC(=O)C(O)=C1. The van der Waals surface area contributed by atoms with Crippen molar-refractivity contribution < 1.29 is 9.90 Å². The van der Waals surface area contributed by atoms with Gasteiger partial charge in [-0.15, -0.1) is 0 Å². The van der Waals surface area contributed by atoms with Crippen LogP contribution in [0.1, 0.15) is 6.42 Å². The molecule has 0 amide bonds. The summed E-state index contributed by atoms with van der Waals surface area (Å²) < 4.78 is 0. The third kappa shape index (κ3) is 1.68. The maximum atomic E-state index is 10.7. The number of nitriles is 1. The highest BCUT2D eigenvalue weighted by molar-refractivity contribution is 6.02. The van der Waals surface area contributed by atoms with Gasteiger partial charge in [-0.25, -0.2) is 0 Å². The van der Waals surface area contributed by atoms with Crippen molar-refractivity contribution in [3.05, 3.63) is 24.0 Å². The van der Waals surface area contributed by atoms with Gasteiger partial charge in [-0.05, 0) is 12.2 Å². The van der Waals surface area contributed by atoms with E-state index in [1.54, 1.807) is 6.08 Å². The van der Waals surface area contributed by atoms with Gasteiger partial charge in [0, 0.05) is 12.3 Å². The Hall–Kier alpha value is -1.56. The summed E-state index contributed by atoms with van der Waals surface area (Å²) in [6, 6.07) is 1.95. The molecule has 0 aromatic carbocycles. The maximum Gasteiger partial charge on any atom is 0.219 e. The molecular formula is C8H7NO2. The predicted molar refractivity (Wildman–Crippen MR) is 38.6 cm³/mol. The average molecular weight is 149 g/mol. The minimum atomic E-state index is -0.390. The molecule has 0 radical (unpaired) electrons. The van der Waals surface area contributed by atoms with Crippen molar-refractivity contribution in [3.63, 3.8) is 0 Å². The standard InChI is InChI=1S/C8H7NO2/c9-4-3-6-1-2-7(10)8(11)5-6/h1-2,5-6,11H,3H2. The molecule has 1 N–H and O–H groups in total. The number of aliphatic hydroxyl groups excluding tert-OH is 1. The third-order valence-electron chi connectivity index (χ3n) is 1.45. The highest BCUT2D eigenvalue weighted by Gasteiger charge is 2.12. The number of aliphatic hydroxyl groups is 1. The van der Waals surface area contributed by atoms with E-state index in [2.05, 4.69) is 0 Å². The van der Waals surface area contributed by atoms with E-state index in [4.69, 9.17) is 10.4 Å². The molecule has 0 fully saturated rings. The molecule has 0 aromatic heterocycles. The van der Waals surface area contributed by atoms with Crippen LogP contribution in [-0.2, 0) is 4.79 Å². The molecule has 1 atom stereocenters. The van der Waals surface area contributed by atoms with Gasteiger partial charge >= 0.3 is 0 Å². The van der Waals surface area contributed by atoms with Gasteiger partial charge < -0.3 is 5.11 Å². The van der Waals surface area contributed by atoms with Gasteiger partial charge in [0.05, 0.1) is 6.07 Å². The van der Waals surface area contributed by atoms with Crippen molar-refractivity contribution in [2.75, 3.05) is 0 Å². The molecule has 0 saturated heterocycles. The Morgan fingerprint density at radius 3 is 3.00 bits per heavy atom. The first-order valence-electron chi connectivity index (χ1n) is 3.24. The zero-order chi connectivity index (χ0) is 8.27. The minimum Gasteiger partial charge on any atom is -0.504 e. The highest BCUT2D eigenvalue weighted by atomic mass is 16.3. The minimum absolute atomic E-state index is 0.113. The molecule has 1 rings (SSSR count). The molecule has 0 spiro atoms. The molecule has 0 heterocycles. The number of rotatable bonds is 1. The van der Waals surface area contributed by atoms with E-state index in [-0.39, 0.29) is 17.5 Å². The van der Waals surface area contributed by atoms with Crippen LogP contribution in [-0.4, -0.2) is 10.9 Å². The Morgan fingerprint density at radius 1 is 1.73 bits per heavy atom. The summed E-state index contributed by atoms with van der Waals surface area (Å²) in [5.41, 5.74) is 0. The number of carbonyl (C=O) groups is 1. The van der Waals surface area contributed by atoms with E-state index in [1.807, 2.05) is 6.07 Å². The van der Waals surface area contributed by atoms with Crippen molar-refractivity contribution in [3.8, 4) is 6.07 Å². The topological polar surface area (TPSA) is 61.1 Å². The third-order valence-corrected chi connectivity index (χ3v) is 1.45. The maximum absolute atomic E-state index is 10.7. The second-order valence-electron chi connectivity index (χ2n) is 2.30. The molecule has 3 heteroatoms. The number of carbonyl (C=O) groups excluding carboxylic acids is 1. The van der Waals surface area contributed by atoms with E-state index in [9.17, 15) is 4.79 Å². The number of ketones is 1. The number of nitrogens with zero attached hydrogens (tertiary/aromatic N) is 1. The molecule has 1 aliphatic rings. The van der Waals surface area contributed by atoms with Crippen LogP contribution in [0.3, 0.4) is 0 Å². The predicted octanol–water partition coefficient (Wildman–Crippen LogP) is 1.10. The molecule has 1 aliphatic carbocycles. The number of allylic oxidation sites excluding steroid dienone is 3. The smallest absolute Gasteiger partial charge is 0.219 e. The van der Waals surface area contributed by atoms with Crippen molar-refractivity contribution in [1.82, 2.24) is 0 Å². The van der Waals surface area contributed by atoms with E-state index in [1.165, 1.54) is 12.2 Å². The van der Waals surface area contributed by atoms with Crippen molar-refractivity contribution in [2.45, 2.75) is 6.42 Å². The summed E-state index contributed by atoms with van der Waals surface area (Å²) in [5.74, 6) is -0.760.